The number of nitrogens with two attached hydrogens (primary N) is 1. The van der Waals surface area contributed by atoms with Crippen LogP contribution in [0.2, 0.25) is 5.02 Å². The maximum Gasteiger partial charge on any atom is 0.184 e. The van der Waals surface area contributed by atoms with Crippen molar-refractivity contribution in [2.45, 2.75) is 9.99 Å². The van der Waals surface area contributed by atoms with E-state index >= 15 is 0 Å². The Kier molecular flexibility index (Phi) is 4.84. The molecular weight excluding hydrogens is 302 g/mol. The zero-order valence-electron chi connectivity index (χ0n) is 9.67. The minimum atomic E-state index is 0.110. The second-order valence-electron chi connectivity index (χ2n) is 3.45. The van der Waals surface area contributed by atoms with Gasteiger partial charge in [0.2, 0.25) is 0 Å². The molecule has 1 aromatic heterocycles. The highest BCUT2D eigenvalue weighted by Gasteiger charge is 2.02. The Morgan fingerprint density at radius 1 is 1.32 bits per heavy atom. The molecule has 98 valence electrons. The smallest absolute Gasteiger partial charge is 0.184 e. The lowest BCUT2D eigenvalue weighted by molar-refractivity contribution is 0.469. The average Bonchev–Trinajstić information content (AvgIpc) is 2.79. The molecule has 4 nitrogen and oxygen atoms in total. The van der Waals surface area contributed by atoms with Crippen LogP contribution in [0.25, 0.3) is 0 Å². The summed E-state index contributed by atoms with van der Waals surface area (Å²) in [5.74, 6) is 0.611. The Bertz CT molecular complexity index is 595. The molecule has 0 spiro atoms. The van der Waals surface area contributed by atoms with Crippen molar-refractivity contribution in [1.82, 2.24) is 5.43 Å². The minimum absolute atomic E-state index is 0.110. The van der Waals surface area contributed by atoms with Crippen molar-refractivity contribution in [3.8, 4) is 0 Å². The van der Waals surface area contributed by atoms with E-state index in [4.69, 9.17) is 21.8 Å². The first-order chi connectivity index (χ1) is 9.13. The van der Waals surface area contributed by atoms with Crippen molar-refractivity contribution in [2.75, 3.05) is 0 Å². The summed E-state index contributed by atoms with van der Waals surface area (Å²) in [4.78, 5) is 1.04. The number of nitrogens with zero attached hydrogens (tertiary/aromatic N) is 1. The number of benzene rings is 1. The summed E-state index contributed by atoms with van der Waals surface area (Å²) in [6, 6.07) is 11.2. The van der Waals surface area contributed by atoms with Crippen LogP contribution in [-0.4, -0.2) is 11.3 Å². The largest absolute Gasteiger partial charge is 0.448 e. The van der Waals surface area contributed by atoms with E-state index in [9.17, 15) is 0 Å². The molecule has 0 radical (unpaired) electrons. The SMILES string of the molecule is NC(=S)NN=Cc1ccc(Sc2ccc(Cl)cc2)o1. The van der Waals surface area contributed by atoms with Crippen LogP contribution in [0.5, 0.6) is 0 Å². The molecule has 0 atom stereocenters. The number of hydrogen-bond donors (Lipinski definition) is 2. The van der Waals surface area contributed by atoms with Crippen molar-refractivity contribution in [3.63, 3.8) is 0 Å². The third-order valence-electron chi connectivity index (χ3n) is 2.00. The van der Waals surface area contributed by atoms with Crippen LogP contribution in [0.3, 0.4) is 0 Å². The molecule has 2 aromatic rings. The van der Waals surface area contributed by atoms with Gasteiger partial charge in [0, 0.05) is 9.92 Å². The normalized spacial score (nSPS) is 10.8. The molecule has 0 aliphatic carbocycles. The number of hydrazone groups is 1. The van der Waals surface area contributed by atoms with Crippen LogP contribution < -0.4 is 11.2 Å². The standard InChI is InChI=1S/C12H10ClN3OS2/c13-8-1-4-10(5-2-8)19-11-6-3-9(17-11)7-15-16-12(14)18/h1-7H,(H3,14,16,18). The summed E-state index contributed by atoms with van der Waals surface area (Å²) in [5, 5.41) is 5.39. The zero-order valence-corrected chi connectivity index (χ0v) is 12.1. The fourth-order valence-electron chi connectivity index (χ4n) is 1.24. The van der Waals surface area contributed by atoms with Gasteiger partial charge in [0.1, 0.15) is 5.76 Å². The maximum atomic E-state index is 5.82. The third-order valence-corrected chi connectivity index (χ3v) is 3.27. The molecule has 2 rings (SSSR count). The van der Waals surface area contributed by atoms with Gasteiger partial charge >= 0.3 is 0 Å². The van der Waals surface area contributed by atoms with E-state index in [0.29, 0.717) is 10.8 Å². The molecule has 0 fully saturated rings. The van der Waals surface area contributed by atoms with Gasteiger partial charge in [0.05, 0.1) is 6.21 Å². The summed E-state index contributed by atoms with van der Waals surface area (Å²) >= 11 is 11.9. The predicted octanol–water partition coefficient (Wildman–Crippen LogP) is 3.25. The number of halogens is 1. The number of furan rings is 1. The second kappa shape index (κ2) is 6.60. The van der Waals surface area contributed by atoms with Gasteiger partial charge in [-0.25, -0.2) is 0 Å². The van der Waals surface area contributed by atoms with Gasteiger partial charge in [-0.3, -0.25) is 5.43 Å². The number of thiocarbonyl (C=S) groups is 1. The molecule has 1 heterocycles. The molecule has 0 amide bonds. The quantitative estimate of drug-likeness (QED) is 0.515. The summed E-state index contributed by atoms with van der Waals surface area (Å²) in [7, 11) is 0. The van der Waals surface area contributed by atoms with Crippen molar-refractivity contribution in [2.24, 2.45) is 10.8 Å². The monoisotopic (exact) mass is 311 g/mol. The van der Waals surface area contributed by atoms with E-state index in [-0.39, 0.29) is 5.11 Å². The van der Waals surface area contributed by atoms with Crippen LogP contribution >= 0.6 is 35.6 Å². The van der Waals surface area contributed by atoms with Crippen LogP contribution in [0.1, 0.15) is 5.76 Å². The fourth-order valence-corrected chi connectivity index (χ4v) is 2.19. The Morgan fingerprint density at radius 3 is 2.74 bits per heavy atom. The first kappa shape index (κ1) is 13.9. The fraction of sp³-hybridized carbons (Fsp3) is 0. The molecule has 19 heavy (non-hydrogen) atoms. The molecule has 0 saturated carbocycles. The van der Waals surface area contributed by atoms with Crippen molar-refractivity contribution < 1.29 is 4.42 Å². The van der Waals surface area contributed by atoms with Crippen LogP contribution in [0.4, 0.5) is 0 Å². The molecular formula is C12H10ClN3OS2. The van der Waals surface area contributed by atoms with E-state index in [1.165, 1.54) is 18.0 Å². The lowest BCUT2D eigenvalue weighted by atomic mass is 10.4. The number of hydrogen-bond acceptors (Lipinski definition) is 4. The van der Waals surface area contributed by atoms with Crippen molar-refractivity contribution in [1.29, 1.82) is 0 Å². The van der Waals surface area contributed by atoms with E-state index in [2.05, 4.69) is 22.7 Å². The van der Waals surface area contributed by atoms with E-state index in [1.54, 1.807) is 0 Å². The number of rotatable bonds is 4. The molecule has 0 aliphatic rings. The Labute approximate surface area is 125 Å². The molecule has 0 unspecified atom stereocenters. The predicted molar refractivity (Wildman–Crippen MR) is 81.8 cm³/mol. The van der Waals surface area contributed by atoms with Gasteiger partial charge in [0.25, 0.3) is 0 Å². The van der Waals surface area contributed by atoms with Gasteiger partial charge in [-0.1, -0.05) is 23.4 Å². The minimum Gasteiger partial charge on any atom is -0.448 e. The topological polar surface area (TPSA) is 63.5 Å². The van der Waals surface area contributed by atoms with Crippen molar-refractivity contribution >= 4 is 46.9 Å². The first-order valence-corrected chi connectivity index (χ1v) is 6.85. The summed E-state index contributed by atoms with van der Waals surface area (Å²) in [5.41, 5.74) is 7.69. The van der Waals surface area contributed by atoms with Gasteiger partial charge < -0.3 is 10.2 Å². The summed E-state index contributed by atoms with van der Waals surface area (Å²) < 4.78 is 5.56. The molecule has 0 bridgehead atoms. The highest BCUT2D eigenvalue weighted by molar-refractivity contribution is 7.99. The Morgan fingerprint density at radius 2 is 2.05 bits per heavy atom. The van der Waals surface area contributed by atoms with E-state index in [0.717, 1.165) is 9.99 Å². The van der Waals surface area contributed by atoms with Gasteiger partial charge in [0.15, 0.2) is 10.2 Å². The number of nitrogens with one attached hydrogen (secondary N) is 1. The molecule has 0 saturated heterocycles. The first-order valence-electron chi connectivity index (χ1n) is 5.25. The van der Waals surface area contributed by atoms with Gasteiger partial charge in [-0.2, -0.15) is 5.10 Å². The van der Waals surface area contributed by atoms with Crippen LogP contribution in [0.15, 0.2) is 55.9 Å². The average molecular weight is 312 g/mol. The summed E-state index contributed by atoms with van der Waals surface area (Å²) in [6.45, 7) is 0. The second-order valence-corrected chi connectivity index (χ2v) is 5.40. The van der Waals surface area contributed by atoms with Gasteiger partial charge in [-0.05, 0) is 48.6 Å². The van der Waals surface area contributed by atoms with E-state index in [1.807, 2.05) is 36.4 Å². The molecule has 3 N–H and O–H groups in total. The highest BCUT2D eigenvalue weighted by atomic mass is 35.5. The molecule has 1 aromatic carbocycles. The lowest BCUT2D eigenvalue weighted by Crippen LogP contribution is -2.23. The lowest BCUT2D eigenvalue weighted by Gasteiger charge is -1.97. The third kappa shape index (κ3) is 4.59. The van der Waals surface area contributed by atoms with E-state index < -0.39 is 0 Å². The van der Waals surface area contributed by atoms with Crippen LogP contribution in [0, 0.1) is 0 Å². The molecule has 0 aliphatic heterocycles. The molecule has 7 heteroatoms. The Balaban J connectivity index is 1.99. The Hall–Kier alpha value is -1.50. The van der Waals surface area contributed by atoms with Crippen molar-refractivity contribution in [3.05, 3.63) is 47.2 Å². The maximum absolute atomic E-state index is 5.82. The van der Waals surface area contributed by atoms with Gasteiger partial charge in [-0.15, -0.1) is 0 Å². The highest BCUT2D eigenvalue weighted by Crippen LogP contribution is 2.29. The van der Waals surface area contributed by atoms with Crippen LogP contribution in [-0.2, 0) is 0 Å². The zero-order chi connectivity index (χ0) is 13.7. The summed E-state index contributed by atoms with van der Waals surface area (Å²) in [6.07, 6.45) is 1.51.